The summed E-state index contributed by atoms with van der Waals surface area (Å²) in [5.41, 5.74) is 3.99. The van der Waals surface area contributed by atoms with E-state index in [2.05, 4.69) is 10.4 Å². The summed E-state index contributed by atoms with van der Waals surface area (Å²) in [6.45, 7) is 2.17. The van der Waals surface area contributed by atoms with Crippen molar-refractivity contribution in [2.75, 3.05) is 26.6 Å². The largest absolute Gasteiger partial charge is 0.496 e. The number of carbonyl (C=O) groups is 1. The van der Waals surface area contributed by atoms with E-state index in [9.17, 15) is 4.79 Å². The Hall–Kier alpha value is -3.26. The molecule has 142 valence electrons. The van der Waals surface area contributed by atoms with Gasteiger partial charge in [0.25, 0.3) is 0 Å². The fourth-order valence-corrected chi connectivity index (χ4v) is 3.10. The number of ether oxygens (including phenoxy) is 3. The second-order valence-electron chi connectivity index (χ2n) is 5.91. The van der Waals surface area contributed by atoms with Crippen LogP contribution in [0.25, 0.3) is 16.8 Å². The lowest BCUT2D eigenvalue weighted by Crippen LogP contribution is -2.07. The molecule has 2 aromatic heterocycles. The van der Waals surface area contributed by atoms with Crippen LogP contribution < -0.4 is 14.8 Å². The van der Waals surface area contributed by atoms with Crippen LogP contribution in [0.15, 0.2) is 30.3 Å². The maximum absolute atomic E-state index is 11.1. The SMILES string of the molecule is COCc1cc(OC)c(-c2cccc3c(NC(=O)O)c(C)nn23)c(OC)c1. The summed E-state index contributed by atoms with van der Waals surface area (Å²) >= 11 is 0. The van der Waals surface area contributed by atoms with Gasteiger partial charge in [0.2, 0.25) is 0 Å². The zero-order valence-corrected chi connectivity index (χ0v) is 15.6. The van der Waals surface area contributed by atoms with E-state index in [0.717, 1.165) is 11.1 Å². The number of rotatable bonds is 6. The number of pyridine rings is 1. The van der Waals surface area contributed by atoms with Gasteiger partial charge < -0.3 is 19.3 Å². The predicted molar refractivity (Wildman–Crippen MR) is 101 cm³/mol. The molecule has 2 heterocycles. The molecule has 0 atom stereocenters. The molecule has 0 spiro atoms. The van der Waals surface area contributed by atoms with E-state index in [-0.39, 0.29) is 0 Å². The third kappa shape index (κ3) is 3.39. The number of hydrogen-bond donors (Lipinski definition) is 2. The maximum atomic E-state index is 11.1. The molecule has 0 saturated heterocycles. The molecule has 0 aliphatic heterocycles. The van der Waals surface area contributed by atoms with Crippen LogP contribution >= 0.6 is 0 Å². The summed E-state index contributed by atoms with van der Waals surface area (Å²) in [6, 6.07) is 9.27. The van der Waals surface area contributed by atoms with Crippen molar-refractivity contribution in [2.45, 2.75) is 13.5 Å². The lowest BCUT2D eigenvalue weighted by Gasteiger charge is -2.16. The number of hydrogen-bond acceptors (Lipinski definition) is 5. The van der Waals surface area contributed by atoms with Gasteiger partial charge in [-0.25, -0.2) is 9.31 Å². The summed E-state index contributed by atoms with van der Waals surface area (Å²) in [5, 5.41) is 16.0. The normalized spacial score (nSPS) is 10.8. The number of nitrogens with one attached hydrogen (secondary N) is 1. The quantitative estimate of drug-likeness (QED) is 0.688. The van der Waals surface area contributed by atoms with Crippen molar-refractivity contribution in [2.24, 2.45) is 0 Å². The Morgan fingerprint density at radius 3 is 2.41 bits per heavy atom. The Morgan fingerprint density at radius 1 is 1.19 bits per heavy atom. The highest BCUT2D eigenvalue weighted by Gasteiger charge is 2.20. The number of benzene rings is 1. The minimum atomic E-state index is -1.14. The van der Waals surface area contributed by atoms with Crippen molar-refractivity contribution >= 4 is 17.3 Å². The number of fused-ring (bicyclic) bond motifs is 1. The number of anilines is 1. The van der Waals surface area contributed by atoms with Crippen LogP contribution in [0.3, 0.4) is 0 Å². The number of amides is 1. The molecule has 2 N–H and O–H groups in total. The molecule has 3 aromatic rings. The lowest BCUT2D eigenvalue weighted by molar-refractivity contribution is 0.184. The molecule has 0 aliphatic rings. The molecule has 0 unspecified atom stereocenters. The molecule has 1 aromatic carbocycles. The monoisotopic (exact) mass is 371 g/mol. The van der Waals surface area contributed by atoms with Gasteiger partial charge in [-0.15, -0.1) is 0 Å². The number of carboxylic acid groups (broad SMARTS) is 1. The number of aromatic nitrogens is 2. The van der Waals surface area contributed by atoms with Crippen molar-refractivity contribution in [3.63, 3.8) is 0 Å². The van der Waals surface area contributed by atoms with Crippen LogP contribution in [-0.2, 0) is 11.3 Å². The van der Waals surface area contributed by atoms with Crippen molar-refractivity contribution in [3.8, 4) is 22.8 Å². The minimum Gasteiger partial charge on any atom is -0.496 e. The Morgan fingerprint density at radius 2 is 1.85 bits per heavy atom. The molecule has 3 rings (SSSR count). The third-order valence-corrected chi connectivity index (χ3v) is 4.20. The van der Waals surface area contributed by atoms with Gasteiger partial charge in [-0.2, -0.15) is 5.10 Å². The molecule has 8 heteroatoms. The third-order valence-electron chi connectivity index (χ3n) is 4.20. The van der Waals surface area contributed by atoms with Crippen LogP contribution in [0.1, 0.15) is 11.3 Å². The van der Waals surface area contributed by atoms with Gasteiger partial charge in [0.15, 0.2) is 0 Å². The highest BCUT2D eigenvalue weighted by atomic mass is 16.5. The van der Waals surface area contributed by atoms with Gasteiger partial charge in [-0.1, -0.05) is 6.07 Å². The first-order chi connectivity index (χ1) is 13.0. The van der Waals surface area contributed by atoms with Crippen LogP contribution in [0.4, 0.5) is 10.5 Å². The zero-order chi connectivity index (χ0) is 19.6. The van der Waals surface area contributed by atoms with Crippen molar-refractivity contribution in [1.29, 1.82) is 0 Å². The summed E-state index contributed by atoms with van der Waals surface area (Å²) in [7, 11) is 4.79. The van der Waals surface area contributed by atoms with Gasteiger partial charge in [0.1, 0.15) is 11.5 Å². The smallest absolute Gasteiger partial charge is 0.409 e. The topological polar surface area (TPSA) is 94.3 Å². The first-order valence-corrected chi connectivity index (χ1v) is 8.22. The molecule has 27 heavy (non-hydrogen) atoms. The minimum absolute atomic E-state index is 0.421. The number of nitrogens with zero attached hydrogens (tertiary/aromatic N) is 2. The molecule has 8 nitrogen and oxygen atoms in total. The average Bonchev–Trinajstić information content (AvgIpc) is 2.96. The van der Waals surface area contributed by atoms with E-state index in [1.54, 1.807) is 38.8 Å². The second kappa shape index (κ2) is 7.55. The first-order valence-electron chi connectivity index (χ1n) is 8.22. The van der Waals surface area contributed by atoms with E-state index < -0.39 is 6.09 Å². The fourth-order valence-electron chi connectivity index (χ4n) is 3.10. The average molecular weight is 371 g/mol. The molecule has 0 radical (unpaired) electrons. The van der Waals surface area contributed by atoms with Crippen LogP contribution in [0.5, 0.6) is 11.5 Å². The van der Waals surface area contributed by atoms with E-state index in [4.69, 9.17) is 19.3 Å². The standard InChI is InChI=1S/C19H21N3O5/c1-11-18(20-19(23)24)14-7-5-6-13(22(14)21-11)17-15(26-3)8-12(10-25-2)9-16(17)27-4/h5-9,20H,10H2,1-4H3,(H,23,24). The van der Waals surface area contributed by atoms with E-state index in [0.29, 0.717) is 40.7 Å². The molecule has 1 amide bonds. The maximum Gasteiger partial charge on any atom is 0.409 e. The van der Waals surface area contributed by atoms with Gasteiger partial charge in [-0.3, -0.25) is 5.32 Å². The van der Waals surface area contributed by atoms with Crippen molar-refractivity contribution in [1.82, 2.24) is 9.61 Å². The molecule has 0 bridgehead atoms. The van der Waals surface area contributed by atoms with Gasteiger partial charge >= 0.3 is 6.09 Å². The van der Waals surface area contributed by atoms with Crippen molar-refractivity contribution < 1.29 is 24.1 Å². The fraction of sp³-hybridized carbons (Fsp3) is 0.263. The Kier molecular flexibility index (Phi) is 5.18. The predicted octanol–water partition coefficient (Wildman–Crippen LogP) is 3.56. The van der Waals surface area contributed by atoms with Gasteiger partial charge in [0, 0.05) is 7.11 Å². The van der Waals surface area contributed by atoms with Crippen molar-refractivity contribution in [3.05, 3.63) is 41.6 Å². The molecule has 0 aliphatic carbocycles. The summed E-state index contributed by atoms with van der Waals surface area (Å²) in [5.74, 6) is 1.21. The summed E-state index contributed by atoms with van der Waals surface area (Å²) < 4.78 is 18.1. The van der Waals surface area contributed by atoms with Gasteiger partial charge in [-0.05, 0) is 36.8 Å². The van der Waals surface area contributed by atoms with E-state index >= 15 is 0 Å². The first kappa shape index (κ1) is 18.5. The molecular formula is C19H21N3O5. The Bertz CT molecular complexity index is 971. The highest BCUT2D eigenvalue weighted by Crippen LogP contribution is 2.40. The molecular weight excluding hydrogens is 350 g/mol. The molecule has 0 fully saturated rings. The van der Waals surface area contributed by atoms with E-state index in [1.807, 2.05) is 24.3 Å². The second-order valence-corrected chi connectivity index (χ2v) is 5.91. The number of methoxy groups -OCH3 is 3. The lowest BCUT2D eigenvalue weighted by atomic mass is 10.0. The van der Waals surface area contributed by atoms with E-state index in [1.165, 1.54) is 0 Å². The van der Waals surface area contributed by atoms with Gasteiger partial charge in [0.05, 0.1) is 49.0 Å². The van der Waals surface area contributed by atoms with Crippen LogP contribution in [0.2, 0.25) is 0 Å². The Balaban J connectivity index is 2.28. The Labute approximate surface area is 156 Å². The van der Waals surface area contributed by atoms with Crippen LogP contribution in [-0.4, -0.2) is 42.1 Å². The van der Waals surface area contributed by atoms with Crippen LogP contribution in [0, 0.1) is 6.92 Å². The number of aryl methyl sites for hydroxylation is 1. The summed E-state index contributed by atoms with van der Waals surface area (Å²) in [4.78, 5) is 11.1. The summed E-state index contributed by atoms with van der Waals surface area (Å²) in [6.07, 6.45) is -1.14. The highest BCUT2D eigenvalue weighted by molar-refractivity contribution is 5.92. The molecule has 0 saturated carbocycles. The zero-order valence-electron chi connectivity index (χ0n) is 15.6.